The maximum absolute atomic E-state index is 12.4. The minimum atomic E-state index is -0.705. The molecule has 1 N–H and O–H groups in total. The number of carbonyl (C=O) groups is 5. The molecule has 4 saturated carbocycles. The maximum atomic E-state index is 12.4. The molecule has 292 valence electrons. The minimum absolute atomic E-state index is 0.0828. The van der Waals surface area contributed by atoms with Gasteiger partial charge in [0.25, 0.3) is 0 Å². The lowest BCUT2D eigenvalue weighted by atomic mass is 9.52. The van der Waals surface area contributed by atoms with E-state index in [0.717, 1.165) is 32.1 Å². The first-order valence-corrected chi connectivity index (χ1v) is 18.6. The molecule has 6 rings (SSSR count). The van der Waals surface area contributed by atoms with Crippen molar-refractivity contribution in [3.63, 3.8) is 0 Å². The molecule has 13 heteroatoms. The number of hydrogen-bond donors (Lipinski definition) is 1. The van der Waals surface area contributed by atoms with Crippen LogP contribution in [0.2, 0.25) is 0 Å². The van der Waals surface area contributed by atoms with Crippen LogP contribution in [0.15, 0.2) is 0 Å². The molecule has 4 aliphatic carbocycles. The normalized spacial score (nSPS) is 29.7. The predicted molar refractivity (Wildman–Crippen MR) is 184 cm³/mol. The first-order valence-electron chi connectivity index (χ1n) is 18.6. The van der Waals surface area contributed by atoms with E-state index in [1.807, 2.05) is 34.6 Å². The molecule has 51 heavy (non-hydrogen) atoms. The Morgan fingerprint density at radius 2 is 1.35 bits per heavy atom. The molecule has 4 bridgehead atoms. The molecule has 13 nitrogen and oxygen atoms in total. The van der Waals surface area contributed by atoms with Crippen LogP contribution in [0.25, 0.3) is 0 Å². The SMILES string of the molecule is CCC(C)(C)C(=O)OC12CC3CC(CC(O)(C3)C1)C2.CCC(C)(C)C(=O)OC1CCOC1=O.CCC(C)(C)C(=O)OCC(=O)OC1COCCO1. The highest BCUT2D eigenvalue weighted by Gasteiger charge is 2.59. The van der Waals surface area contributed by atoms with Crippen LogP contribution in [0.4, 0.5) is 0 Å². The second-order valence-electron chi connectivity index (χ2n) is 16.8. The topological polar surface area (TPSA) is 170 Å². The van der Waals surface area contributed by atoms with E-state index in [2.05, 4.69) is 0 Å². The highest BCUT2D eigenvalue weighted by atomic mass is 16.7. The molecule has 2 aliphatic heterocycles. The largest absolute Gasteiger partial charge is 0.463 e. The van der Waals surface area contributed by atoms with Crippen molar-refractivity contribution in [3.05, 3.63) is 0 Å². The number of hydrogen-bond acceptors (Lipinski definition) is 13. The maximum Gasteiger partial charge on any atom is 0.347 e. The van der Waals surface area contributed by atoms with Crippen molar-refractivity contribution in [2.45, 2.75) is 150 Å². The lowest BCUT2D eigenvalue weighted by molar-refractivity contribution is -0.225. The third-order valence-corrected chi connectivity index (χ3v) is 11.1. The molecule has 6 fully saturated rings. The highest BCUT2D eigenvalue weighted by Crippen LogP contribution is 2.59. The summed E-state index contributed by atoms with van der Waals surface area (Å²) < 4.78 is 35.8. The van der Waals surface area contributed by atoms with E-state index in [0.29, 0.717) is 57.3 Å². The number of esters is 5. The van der Waals surface area contributed by atoms with Crippen LogP contribution < -0.4 is 0 Å². The average Bonchev–Trinajstić information content (AvgIpc) is 3.46. The third kappa shape index (κ3) is 11.9. The Kier molecular flexibility index (Phi) is 14.5. The molecule has 0 aromatic heterocycles. The van der Waals surface area contributed by atoms with Crippen LogP contribution in [-0.4, -0.2) is 91.6 Å². The van der Waals surface area contributed by atoms with Crippen molar-refractivity contribution in [1.29, 1.82) is 0 Å². The van der Waals surface area contributed by atoms with Crippen LogP contribution in [0.3, 0.4) is 0 Å². The van der Waals surface area contributed by atoms with Gasteiger partial charge in [0.15, 0.2) is 6.61 Å². The summed E-state index contributed by atoms with van der Waals surface area (Å²) in [7, 11) is 0. The van der Waals surface area contributed by atoms with Crippen molar-refractivity contribution >= 4 is 29.8 Å². The van der Waals surface area contributed by atoms with E-state index in [-0.39, 0.29) is 24.1 Å². The molecular weight excluding hydrogens is 664 g/mol. The van der Waals surface area contributed by atoms with Crippen LogP contribution in [0.5, 0.6) is 0 Å². The monoisotopic (exact) mass is 726 g/mol. The van der Waals surface area contributed by atoms with E-state index >= 15 is 0 Å². The average molecular weight is 727 g/mol. The number of cyclic esters (lactones) is 1. The molecule has 4 unspecified atom stereocenters. The molecule has 2 saturated heterocycles. The van der Waals surface area contributed by atoms with Crippen LogP contribution in [0, 0.1) is 28.1 Å². The summed E-state index contributed by atoms with van der Waals surface area (Å²) in [6, 6.07) is 0. The second-order valence-corrected chi connectivity index (χ2v) is 16.8. The van der Waals surface area contributed by atoms with Crippen molar-refractivity contribution in [2.75, 3.05) is 33.0 Å². The Bertz CT molecular complexity index is 1220. The standard InChI is InChI=1S/C16H26O3.C12H20O6.C10H16O4/c1-4-14(2,3)13(17)19-16-8-11-5-12(9-16)7-15(18,6-11)10-16;1-4-12(2,3)11(14)17-7-9(13)18-10-8-15-5-6-16-10;1-4-10(2,3)9(12)14-7-5-6-13-8(7)11/h11-12,18H,4-10H2,1-3H3;10H,4-8H2,1-3H3;7H,4-6H2,1-3H3. The van der Waals surface area contributed by atoms with E-state index in [1.165, 1.54) is 6.42 Å². The fourth-order valence-corrected chi connectivity index (χ4v) is 6.93. The zero-order chi connectivity index (χ0) is 38.3. The number of aliphatic hydroxyl groups is 1. The summed E-state index contributed by atoms with van der Waals surface area (Å²) in [6.45, 7) is 17.9. The summed E-state index contributed by atoms with van der Waals surface area (Å²) >= 11 is 0. The van der Waals surface area contributed by atoms with Crippen LogP contribution >= 0.6 is 0 Å². The van der Waals surface area contributed by atoms with Gasteiger partial charge in [0, 0.05) is 12.8 Å². The summed E-state index contributed by atoms with van der Waals surface area (Å²) in [5.74, 6) is -0.768. The number of ether oxygens (including phenoxy) is 7. The molecular formula is C38H62O13. The van der Waals surface area contributed by atoms with Crippen molar-refractivity contribution < 1.29 is 62.2 Å². The van der Waals surface area contributed by atoms with Gasteiger partial charge in [-0.3, -0.25) is 14.4 Å². The number of carbonyl (C=O) groups excluding carboxylic acids is 5. The highest BCUT2D eigenvalue weighted by molar-refractivity contribution is 5.83. The number of rotatable bonds is 11. The Morgan fingerprint density at radius 3 is 1.84 bits per heavy atom. The van der Waals surface area contributed by atoms with Gasteiger partial charge in [-0.05, 0) is 105 Å². The summed E-state index contributed by atoms with van der Waals surface area (Å²) in [5, 5.41) is 10.6. The van der Waals surface area contributed by atoms with Gasteiger partial charge in [0.2, 0.25) is 12.4 Å². The van der Waals surface area contributed by atoms with Gasteiger partial charge >= 0.3 is 29.8 Å². The van der Waals surface area contributed by atoms with E-state index in [4.69, 9.17) is 33.2 Å². The Balaban J connectivity index is 0.000000209. The third-order valence-electron chi connectivity index (χ3n) is 11.1. The zero-order valence-corrected chi connectivity index (χ0v) is 32.3. The van der Waals surface area contributed by atoms with Gasteiger partial charge in [-0.15, -0.1) is 0 Å². The molecule has 0 radical (unpaired) electrons. The molecule has 2 heterocycles. The quantitative estimate of drug-likeness (QED) is 0.218. The van der Waals surface area contributed by atoms with Gasteiger partial charge in [-0.25, -0.2) is 9.59 Å². The molecule has 0 aromatic rings. The zero-order valence-electron chi connectivity index (χ0n) is 32.3. The van der Waals surface area contributed by atoms with E-state index in [9.17, 15) is 29.1 Å². The van der Waals surface area contributed by atoms with Gasteiger partial charge in [-0.1, -0.05) is 20.8 Å². The first-order chi connectivity index (χ1) is 23.7. The van der Waals surface area contributed by atoms with E-state index < -0.39 is 58.8 Å². The predicted octanol–water partition coefficient (Wildman–Crippen LogP) is 5.21. The summed E-state index contributed by atoms with van der Waals surface area (Å²) in [6.07, 6.45) is 6.86. The molecule has 0 aromatic carbocycles. The second kappa shape index (κ2) is 17.4. The van der Waals surface area contributed by atoms with Crippen LogP contribution in [-0.2, 0) is 57.1 Å². The lowest BCUT2D eigenvalue weighted by Gasteiger charge is -2.59. The summed E-state index contributed by atoms with van der Waals surface area (Å²) in [4.78, 5) is 58.0. The van der Waals surface area contributed by atoms with Gasteiger partial charge in [-0.2, -0.15) is 0 Å². The van der Waals surface area contributed by atoms with Crippen molar-refractivity contribution in [1.82, 2.24) is 0 Å². The van der Waals surface area contributed by atoms with Crippen LogP contribution in [0.1, 0.15) is 127 Å². The molecule has 0 amide bonds. The fraction of sp³-hybridized carbons (Fsp3) is 0.868. The molecule has 4 atom stereocenters. The van der Waals surface area contributed by atoms with Gasteiger partial charge in [0.05, 0.1) is 41.7 Å². The van der Waals surface area contributed by atoms with Gasteiger partial charge in [0.1, 0.15) is 12.2 Å². The first kappa shape index (κ1) is 42.6. The van der Waals surface area contributed by atoms with Crippen molar-refractivity contribution in [2.24, 2.45) is 28.1 Å². The van der Waals surface area contributed by atoms with Crippen molar-refractivity contribution in [3.8, 4) is 0 Å². The smallest absolute Gasteiger partial charge is 0.347 e. The molecule has 6 aliphatic rings. The van der Waals surface area contributed by atoms with Gasteiger partial charge < -0.3 is 38.3 Å². The Hall–Kier alpha value is -2.77. The minimum Gasteiger partial charge on any atom is -0.463 e. The fourth-order valence-electron chi connectivity index (χ4n) is 6.93. The van der Waals surface area contributed by atoms with E-state index in [1.54, 1.807) is 27.7 Å². The Morgan fingerprint density at radius 1 is 0.784 bits per heavy atom. The lowest BCUT2D eigenvalue weighted by Crippen LogP contribution is -2.61. The molecule has 0 spiro atoms. The summed E-state index contributed by atoms with van der Waals surface area (Å²) in [5.41, 5.74) is -2.44. The Labute approximate surface area is 303 Å².